The Bertz CT molecular complexity index is 2790. The van der Waals surface area contributed by atoms with Crippen LogP contribution in [0.25, 0.3) is 88.3 Å². The summed E-state index contributed by atoms with van der Waals surface area (Å²) in [5.74, 6) is 0. The van der Waals surface area contributed by atoms with Crippen LogP contribution in [0, 0.1) is 22.7 Å². The molecule has 1 aliphatic rings. The number of hydrogen-bond acceptors (Lipinski definition) is 4. The zero-order valence-corrected chi connectivity index (χ0v) is 24.2. The number of aromatic nitrogens is 4. The minimum Gasteiger partial charge on any atom is -0.307 e. The maximum Gasteiger partial charge on any atom is 0.177 e. The molecule has 6 nitrogen and oxygen atoms in total. The Morgan fingerprint density at radius 1 is 0.457 bits per heavy atom. The smallest absolute Gasteiger partial charge is 0.177 e. The molecule has 0 atom stereocenters. The van der Waals surface area contributed by atoms with Crippen LogP contribution in [0.2, 0.25) is 0 Å². The van der Waals surface area contributed by atoms with Crippen LogP contribution in [-0.2, 0) is 0 Å². The first-order valence-electron chi connectivity index (χ1n) is 15.1. The van der Waals surface area contributed by atoms with Gasteiger partial charge in [-0.1, -0.05) is 91.0 Å². The Kier molecular flexibility index (Phi) is 4.76. The van der Waals surface area contributed by atoms with Crippen LogP contribution in [-0.4, -0.2) is 19.1 Å². The van der Waals surface area contributed by atoms with Gasteiger partial charge in [-0.25, -0.2) is 9.97 Å². The average molecular weight is 585 g/mol. The summed E-state index contributed by atoms with van der Waals surface area (Å²) < 4.78 is 4.74. The first-order valence-corrected chi connectivity index (χ1v) is 15.1. The van der Waals surface area contributed by atoms with Crippen LogP contribution in [0.4, 0.5) is 0 Å². The quantitative estimate of drug-likeness (QED) is 0.203. The molecule has 0 radical (unpaired) electrons. The summed E-state index contributed by atoms with van der Waals surface area (Å²) in [5.41, 5.74) is 9.56. The van der Waals surface area contributed by atoms with Crippen molar-refractivity contribution < 1.29 is 0 Å². The summed E-state index contributed by atoms with van der Waals surface area (Å²) in [5, 5.41) is 26.5. The molecule has 0 saturated carbocycles. The van der Waals surface area contributed by atoms with Crippen molar-refractivity contribution in [3.05, 3.63) is 133 Å². The molecule has 0 N–H and O–H groups in total. The van der Waals surface area contributed by atoms with E-state index >= 15 is 0 Å². The second-order valence-electron chi connectivity index (χ2n) is 11.6. The Morgan fingerprint density at radius 3 is 1.39 bits per heavy atom. The van der Waals surface area contributed by atoms with Crippen molar-refractivity contribution in [2.24, 2.45) is 0 Å². The monoisotopic (exact) mass is 584 g/mol. The van der Waals surface area contributed by atoms with Crippen molar-refractivity contribution in [1.82, 2.24) is 19.1 Å². The van der Waals surface area contributed by atoms with Gasteiger partial charge >= 0.3 is 0 Å². The van der Waals surface area contributed by atoms with E-state index in [2.05, 4.69) is 137 Å². The first kappa shape index (κ1) is 24.7. The fourth-order valence-electron chi connectivity index (χ4n) is 7.56. The third-order valence-electron chi connectivity index (χ3n) is 9.36. The van der Waals surface area contributed by atoms with Gasteiger partial charge in [0.2, 0.25) is 0 Å². The van der Waals surface area contributed by atoms with Crippen molar-refractivity contribution >= 4 is 54.4 Å². The third-order valence-corrected chi connectivity index (χ3v) is 9.36. The number of hydrogen-bond donors (Lipinski definition) is 0. The molecule has 6 aromatic carbocycles. The fourth-order valence-corrected chi connectivity index (χ4v) is 7.56. The zero-order valence-electron chi connectivity index (χ0n) is 24.2. The summed E-state index contributed by atoms with van der Waals surface area (Å²) in [6, 6.07) is 46.8. The summed E-state index contributed by atoms with van der Waals surface area (Å²) in [6.07, 6.45) is 0. The molecule has 0 fully saturated rings. The topological polar surface area (TPSA) is 83.2 Å². The number of nitriles is 2. The Hall–Kier alpha value is -6.76. The number of nitrogens with zero attached hydrogens (tertiary/aromatic N) is 6. The highest BCUT2D eigenvalue weighted by molar-refractivity contribution is 6.20. The second kappa shape index (κ2) is 8.89. The van der Waals surface area contributed by atoms with E-state index in [1.165, 1.54) is 21.5 Å². The van der Waals surface area contributed by atoms with Crippen LogP contribution < -0.4 is 0 Å². The van der Waals surface area contributed by atoms with Gasteiger partial charge in [-0.2, -0.15) is 10.5 Å². The molecule has 3 heterocycles. The minimum atomic E-state index is 0.0343. The number of rotatable bonds is 2. The van der Waals surface area contributed by atoms with E-state index in [0.717, 1.165) is 55.3 Å². The molecule has 0 aliphatic heterocycles. The van der Waals surface area contributed by atoms with Crippen molar-refractivity contribution in [1.29, 1.82) is 10.5 Å². The van der Waals surface area contributed by atoms with E-state index in [1.807, 2.05) is 6.07 Å². The van der Waals surface area contributed by atoms with E-state index in [4.69, 9.17) is 9.97 Å². The van der Waals surface area contributed by atoms with Crippen molar-refractivity contribution in [2.45, 2.75) is 0 Å². The number of para-hydroxylation sites is 4. The predicted molar refractivity (Wildman–Crippen MR) is 182 cm³/mol. The zero-order chi connectivity index (χ0) is 30.5. The minimum absolute atomic E-state index is 0.0343. The van der Waals surface area contributed by atoms with Crippen LogP contribution in [0.5, 0.6) is 0 Å². The van der Waals surface area contributed by atoms with E-state index in [0.29, 0.717) is 11.4 Å². The fraction of sp³-hybridized carbons (Fsp3) is 0. The maximum absolute atomic E-state index is 9.89. The van der Waals surface area contributed by atoms with E-state index in [9.17, 15) is 10.5 Å². The molecule has 0 amide bonds. The molecule has 3 aromatic heterocycles. The highest BCUT2D eigenvalue weighted by Gasteiger charge is 2.31. The standard InChI is InChI=1S/C40H20N6/c41-21-30-31(22-42)44-39-29-20-36(45-32-16-5-1-10-23(32)24-11-2-6-17-33(24)45)40(28-15-9-14-27(37(28)29)38(39)43-30)46-34-18-7-3-12-25(34)26-13-4-8-19-35(26)46/h1-20H. The molecule has 0 spiro atoms. The Morgan fingerprint density at radius 2 is 0.891 bits per heavy atom. The van der Waals surface area contributed by atoms with Gasteiger partial charge in [-0.05, 0) is 30.3 Å². The lowest BCUT2D eigenvalue weighted by Gasteiger charge is -2.20. The molecule has 9 aromatic rings. The lowest BCUT2D eigenvalue weighted by Crippen LogP contribution is -2.05. The molecule has 10 rings (SSSR count). The van der Waals surface area contributed by atoms with Crippen LogP contribution >= 0.6 is 0 Å². The summed E-state index contributed by atoms with van der Waals surface area (Å²) in [6.45, 7) is 0. The first-order chi connectivity index (χ1) is 22.8. The van der Waals surface area contributed by atoms with Gasteiger partial charge in [0.15, 0.2) is 11.4 Å². The largest absolute Gasteiger partial charge is 0.307 e. The number of benzene rings is 6. The van der Waals surface area contributed by atoms with Gasteiger partial charge in [0, 0.05) is 43.4 Å². The van der Waals surface area contributed by atoms with Gasteiger partial charge < -0.3 is 9.13 Å². The van der Waals surface area contributed by atoms with E-state index < -0.39 is 0 Å². The lowest BCUT2D eigenvalue weighted by molar-refractivity contribution is 1.11. The maximum atomic E-state index is 9.89. The van der Waals surface area contributed by atoms with Crippen LogP contribution in [0.1, 0.15) is 11.4 Å². The molecule has 0 unspecified atom stereocenters. The van der Waals surface area contributed by atoms with Crippen molar-refractivity contribution in [3.63, 3.8) is 0 Å². The molecular formula is C40H20N6. The normalized spacial score (nSPS) is 11.9. The third kappa shape index (κ3) is 3.02. The molecule has 0 saturated heterocycles. The number of fused-ring (bicyclic) bond motifs is 9. The van der Waals surface area contributed by atoms with E-state index in [-0.39, 0.29) is 11.4 Å². The molecule has 46 heavy (non-hydrogen) atoms. The molecular weight excluding hydrogens is 564 g/mol. The van der Waals surface area contributed by atoms with Gasteiger partial charge in [0.05, 0.1) is 44.8 Å². The van der Waals surface area contributed by atoms with Crippen LogP contribution in [0.3, 0.4) is 0 Å². The average Bonchev–Trinajstić information content (AvgIpc) is 3.74. The molecule has 210 valence electrons. The van der Waals surface area contributed by atoms with Gasteiger partial charge in [0.1, 0.15) is 12.1 Å². The predicted octanol–water partition coefficient (Wildman–Crippen LogP) is 9.21. The van der Waals surface area contributed by atoms with Gasteiger partial charge in [-0.15, -0.1) is 0 Å². The molecule has 0 bridgehead atoms. The molecule has 6 heteroatoms. The van der Waals surface area contributed by atoms with Gasteiger partial charge in [-0.3, -0.25) is 0 Å². The molecule has 1 aliphatic carbocycles. The van der Waals surface area contributed by atoms with Gasteiger partial charge in [0.25, 0.3) is 0 Å². The van der Waals surface area contributed by atoms with Crippen molar-refractivity contribution in [3.8, 4) is 46.0 Å². The highest BCUT2D eigenvalue weighted by atomic mass is 15.1. The Balaban J connectivity index is 1.47. The highest BCUT2D eigenvalue weighted by Crippen LogP contribution is 2.50. The van der Waals surface area contributed by atoms with Crippen molar-refractivity contribution in [2.75, 3.05) is 0 Å². The summed E-state index contributed by atoms with van der Waals surface area (Å²) in [4.78, 5) is 9.47. The Labute approximate surface area is 262 Å². The lowest BCUT2D eigenvalue weighted by atomic mass is 10.00. The van der Waals surface area contributed by atoms with E-state index in [1.54, 1.807) is 0 Å². The second-order valence-corrected chi connectivity index (χ2v) is 11.6. The summed E-state index contributed by atoms with van der Waals surface area (Å²) in [7, 11) is 0. The summed E-state index contributed by atoms with van der Waals surface area (Å²) >= 11 is 0. The SMILES string of the molecule is N#Cc1nc2c(nc1C#N)-c1cc(-n3c4ccccc4c4ccccc43)c(-n3c4ccccc4c4ccccc43)c3cccc-2c13. The van der Waals surface area contributed by atoms with Crippen LogP contribution in [0.15, 0.2) is 121 Å².